The van der Waals surface area contributed by atoms with Crippen molar-refractivity contribution in [3.63, 3.8) is 0 Å². The fourth-order valence-electron chi connectivity index (χ4n) is 1.94. The minimum Gasteiger partial charge on any atom is -0.392 e. The fraction of sp³-hybridized carbons (Fsp3) is 0.500. The van der Waals surface area contributed by atoms with Crippen molar-refractivity contribution >= 4 is 11.8 Å². The zero-order valence-electron chi connectivity index (χ0n) is 8.83. The van der Waals surface area contributed by atoms with E-state index in [4.69, 9.17) is 0 Å². The van der Waals surface area contributed by atoms with Crippen LogP contribution in [-0.2, 0) is 0 Å². The summed E-state index contributed by atoms with van der Waals surface area (Å²) < 4.78 is 25.7. The highest BCUT2D eigenvalue weighted by atomic mass is 32.2. The van der Waals surface area contributed by atoms with Crippen LogP contribution in [0, 0.1) is 11.6 Å². The van der Waals surface area contributed by atoms with Gasteiger partial charge in [0, 0.05) is 10.1 Å². The third-order valence-corrected chi connectivity index (χ3v) is 4.22. The molecular formula is C12H14F2OS. The summed E-state index contributed by atoms with van der Waals surface area (Å²) in [6.45, 7) is 0. The first-order valence-corrected chi connectivity index (χ1v) is 6.34. The summed E-state index contributed by atoms with van der Waals surface area (Å²) in [4.78, 5) is 0.685. The summed E-state index contributed by atoms with van der Waals surface area (Å²) in [7, 11) is 0. The Morgan fingerprint density at radius 2 is 1.88 bits per heavy atom. The molecule has 1 aliphatic carbocycles. The molecule has 0 aliphatic heterocycles. The Morgan fingerprint density at radius 3 is 2.56 bits per heavy atom. The number of aliphatic hydroxyl groups excluding tert-OH is 1. The van der Waals surface area contributed by atoms with Crippen LogP contribution in [0.4, 0.5) is 8.78 Å². The van der Waals surface area contributed by atoms with Crippen molar-refractivity contribution in [2.24, 2.45) is 0 Å². The van der Waals surface area contributed by atoms with Gasteiger partial charge in [0.2, 0.25) is 0 Å². The van der Waals surface area contributed by atoms with Gasteiger partial charge in [-0.1, -0.05) is 12.8 Å². The molecule has 0 saturated heterocycles. The lowest BCUT2D eigenvalue weighted by Gasteiger charge is -2.26. The van der Waals surface area contributed by atoms with Crippen LogP contribution in [0.2, 0.25) is 0 Å². The molecule has 1 aliphatic rings. The molecule has 2 rings (SSSR count). The highest BCUT2D eigenvalue weighted by molar-refractivity contribution is 8.00. The second kappa shape index (κ2) is 5.15. The first-order valence-electron chi connectivity index (χ1n) is 5.46. The third kappa shape index (κ3) is 2.74. The summed E-state index contributed by atoms with van der Waals surface area (Å²) in [5.41, 5.74) is 0. The number of aliphatic hydroxyl groups is 1. The van der Waals surface area contributed by atoms with Gasteiger partial charge in [-0.2, -0.15) is 0 Å². The van der Waals surface area contributed by atoms with E-state index in [0.717, 1.165) is 31.7 Å². The molecule has 0 bridgehead atoms. The van der Waals surface area contributed by atoms with E-state index in [1.165, 1.54) is 17.8 Å². The zero-order valence-corrected chi connectivity index (χ0v) is 9.64. The largest absolute Gasteiger partial charge is 0.392 e. The number of thioether (sulfide) groups is 1. The second-order valence-corrected chi connectivity index (χ2v) is 5.40. The van der Waals surface area contributed by atoms with Crippen LogP contribution in [0.3, 0.4) is 0 Å². The van der Waals surface area contributed by atoms with E-state index in [1.54, 1.807) is 6.07 Å². The van der Waals surface area contributed by atoms with Crippen molar-refractivity contribution in [3.05, 3.63) is 29.8 Å². The van der Waals surface area contributed by atoms with Gasteiger partial charge >= 0.3 is 0 Å². The van der Waals surface area contributed by atoms with Gasteiger partial charge in [0.25, 0.3) is 0 Å². The molecule has 1 fully saturated rings. The molecule has 1 nitrogen and oxygen atoms in total. The van der Waals surface area contributed by atoms with Crippen molar-refractivity contribution < 1.29 is 13.9 Å². The second-order valence-electron chi connectivity index (χ2n) is 4.08. The highest BCUT2D eigenvalue weighted by Crippen LogP contribution is 2.34. The van der Waals surface area contributed by atoms with Crippen molar-refractivity contribution in [3.8, 4) is 0 Å². The zero-order chi connectivity index (χ0) is 11.5. The number of halogens is 2. The predicted molar refractivity (Wildman–Crippen MR) is 60.5 cm³/mol. The maximum absolute atomic E-state index is 13.0. The minimum absolute atomic E-state index is 0.110. The Labute approximate surface area is 97.9 Å². The van der Waals surface area contributed by atoms with Crippen LogP contribution in [0.15, 0.2) is 23.1 Å². The first kappa shape index (κ1) is 11.9. The maximum Gasteiger partial charge on any atom is 0.159 e. The molecule has 1 aromatic carbocycles. The maximum atomic E-state index is 13.0. The number of hydrogen-bond acceptors (Lipinski definition) is 2. The smallest absolute Gasteiger partial charge is 0.159 e. The summed E-state index contributed by atoms with van der Waals surface area (Å²) in [6, 6.07) is 3.89. The normalized spacial score (nSPS) is 25.7. The van der Waals surface area contributed by atoms with E-state index in [-0.39, 0.29) is 11.4 Å². The third-order valence-electron chi connectivity index (χ3n) is 2.85. The van der Waals surface area contributed by atoms with Crippen LogP contribution in [0.1, 0.15) is 25.7 Å². The van der Waals surface area contributed by atoms with Gasteiger partial charge in [-0.15, -0.1) is 11.8 Å². The van der Waals surface area contributed by atoms with E-state index in [1.807, 2.05) is 0 Å². The lowest BCUT2D eigenvalue weighted by molar-refractivity contribution is 0.137. The van der Waals surface area contributed by atoms with Gasteiger partial charge in [0.05, 0.1) is 6.10 Å². The summed E-state index contributed by atoms with van der Waals surface area (Å²) >= 11 is 1.44. The molecule has 88 valence electrons. The molecule has 16 heavy (non-hydrogen) atoms. The van der Waals surface area contributed by atoms with E-state index >= 15 is 0 Å². The van der Waals surface area contributed by atoms with Crippen molar-refractivity contribution in [1.29, 1.82) is 0 Å². The standard InChI is InChI=1S/C12H14F2OS/c13-9-6-5-8(7-10(9)14)16-12-4-2-1-3-11(12)15/h5-7,11-12,15H,1-4H2/t11-,12-/m0/s1. The quantitative estimate of drug-likeness (QED) is 0.860. The number of rotatable bonds is 2. The van der Waals surface area contributed by atoms with Gasteiger partial charge in [-0.25, -0.2) is 8.78 Å². The summed E-state index contributed by atoms with van der Waals surface area (Å²) in [5.74, 6) is -1.65. The summed E-state index contributed by atoms with van der Waals surface area (Å²) in [5, 5.41) is 9.88. The average molecular weight is 244 g/mol. The monoisotopic (exact) mass is 244 g/mol. The number of hydrogen-bond donors (Lipinski definition) is 1. The number of benzene rings is 1. The lowest BCUT2D eigenvalue weighted by Crippen LogP contribution is -2.26. The van der Waals surface area contributed by atoms with E-state index < -0.39 is 11.6 Å². The molecule has 1 N–H and O–H groups in total. The minimum atomic E-state index is -0.825. The Morgan fingerprint density at radius 1 is 1.12 bits per heavy atom. The lowest BCUT2D eigenvalue weighted by atomic mass is 9.97. The van der Waals surface area contributed by atoms with Crippen LogP contribution < -0.4 is 0 Å². The van der Waals surface area contributed by atoms with Crippen LogP contribution >= 0.6 is 11.8 Å². The van der Waals surface area contributed by atoms with Gasteiger partial charge < -0.3 is 5.11 Å². The molecule has 1 saturated carbocycles. The van der Waals surface area contributed by atoms with Crippen molar-refractivity contribution in [2.75, 3.05) is 0 Å². The summed E-state index contributed by atoms with van der Waals surface area (Å²) in [6.07, 6.45) is 3.56. The Bertz CT molecular complexity index is 370. The highest BCUT2D eigenvalue weighted by Gasteiger charge is 2.24. The topological polar surface area (TPSA) is 20.2 Å². The van der Waals surface area contributed by atoms with Crippen LogP contribution in [0.5, 0.6) is 0 Å². The molecule has 0 amide bonds. The van der Waals surface area contributed by atoms with Gasteiger partial charge in [-0.05, 0) is 31.0 Å². The molecule has 0 spiro atoms. The molecule has 0 unspecified atom stereocenters. The van der Waals surface area contributed by atoms with Crippen LogP contribution in [-0.4, -0.2) is 16.5 Å². The van der Waals surface area contributed by atoms with Gasteiger partial charge in [-0.3, -0.25) is 0 Å². The average Bonchev–Trinajstić information content (AvgIpc) is 2.27. The Kier molecular flexibility index (Phi) is 3.82. The predicted octanol–water partition coefficient (Wildman–Crippen LogP) is 3.36. The SMILES string of the molecule is O[C@H]1CCCC[C@@H]1Sc1ccc(F)c(F)c1. The molecular weight excluding hydrogens is 230 g/mol. The molecule has 2 atom stereocenters. The van der Waals surface area contributed by atoms with Gasteiger partial charge in [0.15, 0.2) is 11.6 Å². The molecule has 4 heteroatoms. The van der Waals surface area contributed by atoms with E-state index in [0.29, 0.717) is 4.90 Å². The molecule has 0 aromatic heterocycles. The Hall–Kier alpha value is -0.610. The van der Waals surface area contributed by atoms with Crippen molar-refractivity contribution in [2.45, 2.75) is 41.9 Å². The van der Waals surface area contributed by atoms with E-state index in [2.05, 4.69) is 0 Å². The molecule has 0 heterocycles. The molecule has 1 aromatic rings. The van der Waals surface area contributed by atoms with Gasteiger partial charge in [0.1, 0.15) is 0 Å². The van der Waals surface area contributed by atoms with Crippen molar-refractivity contribution in [1.82, 2.24) is 0 Å². The Balaban J connectivity index is 2.05. The van der Waals surface area contributed by atoms with Crippen LogP contribution in [0.25, 0.3) is 0 Å². The molecule has 0 radical (unpaired) electrons. The fourth-order valence-corrected chi connectivity index (χ4v) is 3.19. The first-order chi connectivity index (χ1) is 7.66. The van der Waals surface area contributed by atoms with E-state index in [9.17, 15) is 13.9 Å².